The van der Waals surface area contributed by atoms with E-state index in [1.54, 1.807) is 23.6 Å². The number of rotatable bonds is 6. The maximum absolute atomic E-state index is 12.3. The number of carbonyl (C=O) groups excluding carboxylic acids is 2. The van der Waals surface area contributed by atoms with E-state index in [1.165, 1.54) is 30.0 Å². The molecule has 2 aromatic rings. The topological polar surface area (TPSA) is 79.2 Å². The Balaban J connectivity index is 2.04. The molecule has 0 saturated carbocycles. The minimum absolute atomic E-state index is 0.386. The molecule has 124 valence electrons. The predicted octanol–water partition coefficient (Wildman–Crippen LogP) is 3.92. The third kappa shape index (κ3) is 4.37. The van der Waals surface area contributed by atoms with Crippen molar-refractivity contribution in [3.8, 4) is 6.07 Å². The summed E-state index contributed by atoms with van der Waals surface area (Å²) in [6.45, 7) is 3.50. The number of hydrogen-bond acceptors (Lipinski definition) is 6. The Morgan fingerprint density at radius 3 is 2.83 bits per heavy atom. The summed E-state index contributed by atoms with van der Waals surface area (Å²) in [5, 5.41) is 13.7. The van der Waals surface area contributed by atoms with Crippen LogP contribution in [-0.2, 0) is 9.53 Å². The molecule has 1 atom stereocenters. The van der Waals surface area contributed by atoms with Crippen molar-refractivity contribution >= 4 is 40.0 Å². The standard InChI is InChI=1S/C17H16N2O3S2/c1-3-23-14-7-5-4-6-13(14)17(21)22-11(2)15(20)19-16-12(10-18)8-9-24-16/h4-9,11H,3H2,1-2H3,(H,19,20)/t11-/m0/s1. The van der Waals surface area contributed by atoms with Gasteiger partial charge in [-0.3, -0.25) is 4.79 Å². The normalized spacial score (nSPS) is 11.4. The Hall–Kier alpha value is -2.30. The van der Waals surface area contributed by atoms with Gasteiger partial charge < -0.3 is 10.1 Å². The molecule has 0 unspecified atom stereocenters. The van der Waals surface area contributed by atoms with Crippen molar-refractivity contribution in [1.29, 1.82) is 5.26 Å². The summed E-state index contributed by atoms with van der Waals surface area (Å²) in [6.07, 6.45) is -0.967. The van der Waals surface area contributed by atoms with Gasteiger partial charge in [-0.2, -0.15) is 5.26 Å². The molecular formula is C17H16N2O3S2. The monoisotopic (exact) mass is 360 g/mol. The molecule has 1 N–H and O–H groups in total. The molecule has 0 aliphatic heterocycles. The molecule has 0 fully saturated rings. The maximum Gasteiger partial charge on any atom is 0.340 e. The van der Waals surface area contributed by atoms with Crippen molar-refractivity contribution in [2.24, 2.45) is 0 Å². The van der Waals surface area contributed by atoms with Crippen LogP contribution in [0.2, 0.25) is 0 Å². The van der Waals surface area contributed by atoms with E-state index >= 15 is 0 Å². The fourth-order valence-electron chi connectivity index (χ4n) is 1.90. The number of hydrogen-bond donors (Lipinski definition) is 1. The molecule has 1 aromatic heterocycles. The van der Waals surface area contributed by atoms with E-state index in [1.807, 2.05) is 25.1 Å². The van der Waals surface area contributed by atoms with Crippen LogP contribution in [0.3, 0.4) is 0 Å². The van der Waals surface area contributed by atoms with Crippen molar-refractivity contribution in [1.82, 2.24) is 0 Å². The van der Waals surface area contributed by atoms with Gasteiger partial charge in [-0.15, -0.1) is 23.1 Å². The highest BCUT2D eigenvalue weighted by atomic mass is 32.2. The van der Waals surface area contributed by atoms with E-state index in [0.717, 1.165) is 10.6 Å². The molecule has 5 nitrogen and oxygen atoms in total. The van der Waals surface area contributed by atoms with Gasteiger partial charge in [0.05, 0.1) is 11.1 Å². The van der Waals surface area contributed by atoms with E-state index < -0.39 is 18.0 Å². The first-order valence-corrected chi connectivity index (χ1v) is 9.14. The molecule has 24 heavy (non-hydrogen) atoms. The number of thiophene rings is 1. The van der Waals surface area contributed by atoms with E-state index in [0.29, 0.717) is 16.1 Å². The molecule has 0 saturated heterocycles. The number of benzene rings is 1. The van der Waals surface area contributed by atoms with E-state index in [4.69, 9.17) is 10.00 Å². The molecule has 1 amide bonds. The second-order valence-corrected chi connectivity index (χ2v) is 6.96. The first-order chi connectivity index (χ1) is 11.6. The molecule has 2 rings (SSSR count). The number of carbonyl (C=O) groups is 2. The van der Waals surface area contributed by atoms with Crippen molar-refractivity contribution in [3.05, 3.63) is 46.8 Å². The van der Waals surface area contributed by atoms with Gasteiger partial charge in [0.15, 0.2) is 6.10 Å². The van der Waals surface area contributed by atoms with Gasteiger partial charge in [0, 0.05) is 4.90 Å². The zero-order chi connectivity index (χ0) is 17.5. The largest absolute Gasteiger partial charge is 0.449 e. The van der Waals surface area contributed by atoms with Gasteiger partial charge in [-0.25, -0.2) is 4.79 Å². The van der Waals surface area contributed by atoms with Gasteiger partial charge in [0.2, 0.25) is 0 Å². The summed E-state index contributed by atoms with van der Waals surface area (Å²) >= 11 is 2.78. The van der Waals surface area contributed by atoms with E-state index in [-0.39, 0.29) is 0 Å². The first kappa shape index (κ1) is 18.0. The van der Waals surface area contributed by atoms with Crippen LogP contribution >= 0.6 is 23.1 Å². The van der Waals surface area contributed by atoms with Gasteiger partial charge >= 0.3 is 5.97 Å². The summed E-state index contributed by atoms with van der Waals surface area (Å²) in [4.78, 5) is 25.3. The summed E-state index contributed by atoms with van der Waals surface area (Å²) in [7, 11) is 0. The Kier molecular flexibility index (Phi) is 6.41. The highest BCUT2D eigenvalue weighted by Crippen LogP contribution is 2.24. The van der Waals surface area contributed by atoms with E-state index in [2.05, 4.69) is 5.32 Å². The van der Waals surface area contributed by atoms with Crippen LogP contribution in [0, 0.1) is 11.3 Å². The zero-order valence-corrected chi connectivity index (χ0v) is 14.9. The maximum atomic E-state index is 12.3. The molecule has 0 spiro atoms. The molecule has 1 aromatic carbocycles. The number of amides is 1. The number of ether oxygens (including phenoxy) is 1. The van der Waals surface area contributed by atoms with Gasteiger partial charge in [-0.05, 0) is 36.3 Å². The number of nitrogens with zero attached hydrogens (tertiary/aromatic N) is 1. The molecule has 0 aliphatic rings. The predicted molar refractivity (Wildman–Crippen MR) is 95.4 cm³/mol. The SMILES string of the molecule is CCSc1ccccc1C(=O)O[C@@H](C)C(=O)Nc1sccc1C#N. The lowest BCUT2D eigenvalue weighted by atomic mass is 10.2. The van der Waals surface area contributed by atoms with Crippen LogP contribution in [0.25, 0.3) is 0 Å². The van der Waals surface area contributed by atoms with Crippen LogP contribution in [0.1, 0.15) is 29.8 Å². The molecule has 1 heterocycles. The second kappa shape index (κ2) is 8.52. The lowest BCUT2D eigenvalue weighted by Crippen LogP contribution is -2.30. The number of nitriles is 1. The van der Waals surface area contributed by atoms with Crippen LogP contribution in [0.5, 0.6) is 0 Å². The van der Waals surface area contributed by atoms with Crippen LogP contribution in [-0.4, -0.2) is 23.7 Å². The molecular weight excluding hydrogens is 344 g/mol. The Morgan fingerprint density at radius 1 is 1.38 bits per heavy atom. The molecule has 7 heteroatoms. The lowest BCUT2D eigenvalue weighted by molar-refractivity contribution is -0.123. The van der Waals surface area contributed by atoms with Crippen LogP contribution in [0.15, 0.2) is 40.6 Å². The molecule has 0 bridgehead atoms. The number of esters is 1. The third-order valence-corrected chi connectivity index (χ3v) is 4.87. The summed E-state index contributed by atoms with van der Waals surface area (Å²) in [5.41, 5.74) is 0.828. The third-order valence-electron chi connectivity index (χ3n) is 3.08. The fraction of sp³-hybridized carbons (Fsp3) is 0.235. The summed E-state index contributed by atoms with van der Waals surface area (Å²) in [6, 6.07) is 10.7. The average molecular weight is 360 g/mol. The van der Waals surface area contributed by atoms with Crippen molar-refractivity contribution in [2.45, 2.75) is 24.8 Å². The Labute approximate surface area is 148 Å². The smallest absolute Gasteiger partial charge is 0.340 e. The van der Waals surface area contributed by atoms with Crippen LogP contribution in [0.4, 0.5) is 5.00 Å². The van der Waals surface area contributed by atoms with E-state index in [9.17, 15) is 9.59 Å². The van der Waals surface area contributed by atoms with Gasteiger partial charge in [0.1, 0.15) is 11.1 Å². The van der Waals surface area contributed by atoms with Crippen molar-refractivity contribution in [2.75, 3.05) is 11.1 Å². The number of nitrogens with one attached hydrogen (secondary N) is 1. The summed E-state index contributed by atoms with van der Waals surface area (Å²) in [5.74, 6) is -0.181. The average Bonchev–Trinajstić information content (AvgIpc) is 3.02. The molecule has 0 aliphatic carbocycles. The number of anilines is 1. The highest BCUT2D eigenvalue weighted by Gasteiger charge is 2.21. The highest BCUT2D eigenvalue weighted by molar-refractivity contribution is 7.99. The van der Waals surface area contributed by atoms with Crippen molar-refractivity contribution < 1.29 is 14.3 Å². The first-order valence-electron chi connectivity index (χ1n) is 7.28. The second-order valence-electron chi connectivity index (χ2n) is 4.74. The van der Waals surface area contributed by atoms with Crippen molar-refractivity contribution in [3.63, 3.8) is 0 Å². The van der Waals surface area contributed by atoms with Gasteiger partial charge in [0.25, 0.3) is 5.91 Å². The number of thioether (sulfide) groups is 1. The van der Waals surface area contributed by atoms with Crippen LogP contribution < -0.4 is 5.32 Å². The molecule has 0 radical (unpaired) electrons. The Bertz CT molecular complexity index is 780. The zero-order valence-electron chi connectivity index (χ0n) is 13.2. The minimum atomic E-state index is -0.967. The fourth-order valence-corrected chi connectivity index (χ4v) is 3.43. The quantitative estimate of drug-likeness (QED) is 0.624. The Morgan fingerprint density at radius 2 is 2.12 bits per heavy atom. The minimum Gasteiger partial charge on any atom is -0.449 e. The van der Waals surface area contributed by atoms with Gasteiger partial charge in [-0.1, -0.05) is 19.1 Å². The lowest BCUT2D eigenvalue weighted by Gasteiger charge is -2.14. The summed E-state index contributed by atoms with van der Waals surface area (Å²) < 4.78 is 5.26.